The molecule has 0 amide bonds. The summed E-state index contributed by atoms with van der Waals surface area (Å²) in [6.07, 6.45) is 4.10. The monoisotopic (exact) mass is 201 g/mol. The second-order valence-corrected chi connectivity index (χ2v) is 3.80. The molecule has 0 fully saturated rings. The molecule has 0 aromatic rings. The van der Waals surface area contributed by atoms with E-state index < -0.39 is 16.8 Å². The van der Waals surface area contributed by atoms with Gasteiger partial charge in [0, 0.05) is 4.75 Å². The van der Waals surface area contributed by atoms with E-state index in [-0.39, 0.29) is 0 Å². The maximum Gasteiger partial charge on any atom is 0.321 e. The Labute approximate surface area is 83.7 Å². The van der Waals surface area contributed by atoms with E-state index in [4.69, 9.17) is 10.8 Å². The Balaban J connectivity index is 4.64. The molecule has 1 unspecified atom stereocenters. The standard InChI is InChI=1S/C9H15NO2S/c1-3-5-9(13,6-4-2)7(10)8(11)12/h3-4,7,13H,1-2,5-6,10H2,(H,11,12). The molecule has 0 heterocycles. The Bertz CT molecular complexity index is 206. The first-order valence-corrected chi connectivity index (χ1v) is 4.35. The van der Waals surface area contributed by atoms with Crippen LogP contribution in [-0.4, -0.2) is 21.9 Å². The van der Waals surface area contributed by atoms with Crippen LogP contribution in [0.25, 0.3) is 0 Å². The van der Waals surface area contributed by atoms with Gasteiger partial charge in [-0.1, -0.05) is 12.2 Å². The zero-order valence-electron chi connectivity index (χ0n) is 7.44. The number of carbonyl (C=O) groups is 1. The van der Waals surface area contributed by atoms with Gasteiger partial charge < -0.3 is 10.8 Å². The van der Waals surface area contributed by atoms with Crippen LogP contribution < -0.4 is 5.73 Å². The second kappa shape index (κ2) is 5.09. The molecular weight excluding hydrogens is 186 g/mol. The highest BCUT2D eigenvalue weighted by Crippen LogP contribution is 2.28. The molecule has 0 radical (unpaired) electrons. The molecule has 3 nitrogen and oxygen atoms in total. The van der Waals surface area contributed by atoms with Crippen molar-refractivity contribution in [1.82, 2.24) is 0 Å². The molecule has 0 spiro atoms. The minimum absolute atomic E-state index is 0.440. The molecule has 0 aliphatic heterocycles. The van der Waals surface area contributed by atoms with Crippen molar-refractivity contribution in [2.45, 2.75) is 23.6 Å². The van der Waals surface area contributed by atoms with Gasteiger partial charge in [0.2, 0.25) is 0 Å². The number of hydrogen-bond donors (Lipinski definition) is 3. The van der Waals surface area contributed by atoms with Gasteiger partial charge in [0.25, 0.3) is 0 Å². The van der Waals surface area contributed by atoms with Crippen LogP contribution in [0.15, 0.2) is 25.3 Å². The number of thiol groups is 1. The lowest BCUT2D eigenvalue weighted by Crippen LogP contribution is -2.48. The lowest BCUT2D eigenvalue weighted by atomic mass is 9.92. The first kappa shape index (κ1) is 12.3. The van der Waals surface area contributed by atoms with Gasteiger partial charge >= 0.3 is 5.97 Å². The minimum atomic E-state index is -1.06. The van der Waals surface area contributed by atoms with Crippen molar-refractivity contribution in [2.75, 3.05) is 0 Å². The number of carboxylic acid groups (broad SMARTS) is 1. The molecule has 0 rings (SSSR count). The summed E-state index contributed by atoms with van der Waals surface area (Å²) in [4.78, 5) is 10.7. The Morgan fingerprint density at radius 2 is 1.92 bits per heavy atom. The highest BCUT2D eigenvalue weighted by Gasteiger charge is 2.35. The van der Waals surface area contributed by atoms with E-state index in [1.165, 1.54) is 0 Å². The molecule has 1 atom stereocenters. The van der Waals surface area contributed by atoms with Gasteiger partial charge in [0.15, 0.2) is 0 Å². The van der Waals surface area contributed by atoms with E-state index in [1.54, 1.807) is 12.2 Å². The second-order valence-electron chi connectivity index (χ2n) is 2.91. The molecule has 0 aliphatic carbocycles. The predicted octanol–water partition coefficient (Wildman–Crippen LogP) is 1.22. The topological polar surface area (TPSA) is 63.3 Å². The number of hydrogen-bond acceptors (Lipinski definition) is 3. The fourth-order valence-corrected chi connectivity index (χ4v) is 1.44. The molecular formula is C9H15NO2S. The Hall–Kier alpha value is -0.740. The van der Waals surface area contributed by atoms with Crippen molar-refractivity contribution < 1.29 is 9.90 Å². The van der Waals surface area contributed by atoms with E-state index in [1.807, 2.05) is 0 Å². The zero-order chi connectivity index (χ0) is 10.5. The summed E-state index contributed by atoms with van der Waals surface area (Å²) in [6, 6.07) is -1.01. The summed E-state index contributed by atoms with van der Waals surface area (Å²) in [7, 11) is 0. The normalized spacial score (nSPS) is 13.4. The van der Waals surface area contributed by atoms with Gasteiger partial charge in [0.1, 0.15) is 6.04 Å². The van der Waals surface area contributed by atoms with Gasteiger partial charge in [0.05, 0.1) is 0 Å². The fraction of sp³-hybridized carbons (Fsp3) is 0.444. The van der Waals surface area contributed by atoms with Crippen LogP contribution in [0.3, 0.4) is 0 Å². The van der Waals surface area contributed by atoms with E-state index in [0.29, 0.717) is 12.8 Å². The summed E-state index contributed by atoms with van der Waals surface area (Å²) in [5.41, 5.74) is 5.50. The molecule has 0 aromatic carbocycles. The fourth-order valence-electron chi connectivity index (χ4n) is 1.07. The number of aliphatic carboxylic acids is 1. The van der Waals surface area contributed by atoms with Gasteiger partial charge in [-0.15, -0.1) is 13.2 Å². The average molecular weight is 201 g/mol. The lowest BCUT2D eigenvalue weighted by Gasteiger charge is -2.29. The highest BCUT2D eigenvalue weighted by atomic mass is 32.1. The van der Waals surface area contributed by atoms with E-state index in [0.717, 1.165) is 0 Å². The molecule has 13 heavy (non-hydrogen) atoms. The predicted molar refractivity (Wildman–Crippen MR) is 57.0 cm³/mol. The summed E-state index contributed by atoms with van der Waals surface area (Å²) in [5, 5.41) is 8.73. The van der Waals surface area contributed by atoms with Crippen molar-refractivity contribution in [2.24, 2.45) is 5.73 Å². The first-order valence-electron chi connectivity index (χ1n) is 3.90. The van der Waals surface area contributed by atoms with Crippen LogP contribution >= 0.6 is 12.6 Å². The third kappa shape index (κ3) is 3.24. The molecule has 4 heteroatoms. The Morgan fingerprint density at radius 1 is 1.54 bits per heavy atom. The van der Waals surface area contributed by atoms with Crippen LogP contribution in [0.2, 0.25) is 0 Å². The number of carboxylic acids is 1. The molecule has 0 aromatic heterocycles. The van der Waals surface area contributed by atoms with Crippen LogP contribution in [-0.2, 0) is 4.79 Å². The van der Waals surface area contributed by atoms with Gasteiger partial charge in [-0.05, 0) is 12.8 Å². The van der Waals surface area contributed by atoms with Crippen molar-refractivity contribution in [3.05, 3.63) is 25.3 Å². The number of allylic oxidation sites excluding steroid dienone is 2. The lowest BCUT2D eigenvalue weighted by molar-refractivity contribution is -0.139. The highest BCUT2D eigenvalue weighted by molar-refractivity contribution is 7.82. The maximum atomic E-state index is 10.7. The Kier molecular flexibility index (Phi) is 4.80. The zero-order valence-corrected chi connectivity index (χ0v) is 8.33. The molecule has 0 saturated carbocycles. The maximum absolute atomic E-state index is 10.7. The van der Waals surface area contributed by atoms with Gasteiger partial charge in [-0.2, -0.15) is 12.6 Å². The van der Waals surface area contributed by atoms with E-state index in [9.17, 15) is 4.79 Å². The third-order valence-corrected chi connectivity index (χ3v) is 2.48. The SMILES string of the molecule is C=CCC(S)(CC=C)C(N)C(=O)O. The molecule has 0 saturated heterocycles. The van der Waals surface area contributed by atoms with Crippen molar-refractivity contribution in [1.29, 1.82) is 0 Å². The van der Waals surface area contributed by atoms with Crippen molar-refractivity contribution in [3.8, 4) is 0 Å². The summed E-state index contributed by atoms with van der Waals surface area (Å²) >= 11 is 4.26. The van der Waals surface area contributed by atoms with Crippen molar-refractivity contribution >= 4 is 18.6 Å². The molecule has 74 valence electrons. The quantitative estimate of drug-likeness (QED) is 0.447. The van der Waals surface area contributed by atoms with Crippen LogP contribution in [0.4, 0.5) is 0 Å². The minimum Gasteiger partial charge on any atom is -0.480 e. The van der Waals surface area contributed by atoms with Gasteiger partial charge in [-0.25, -0.2) is 0 Å². The molecule has 0 bridgehead atoms. The molecule has 3 N–H and O–H groups in total. The third-order valence-electron chi connectivity index (χ3n) is 1.84. The van der Waals surface area contributed by atoms with Crippen LogP contribution in [0, 0.1) is 0 Å². The summed E-state index contributed by atoms with van der Waals surface area (Å²) in [6.45, 7) is 7.08. The van der Waals surface area contributed by atoms with E-state index in [2.05, 4.69) is 25.8 Å². The van der Waals surface area contributed by atoms with Crippen LogP contribution in [0.1, 0.15) is 12.8 Å². The number of rotatable bonds is 6. The van der Waals surface area contributed by atoms with Gasteiger partial charge in [-0.3, -0.25) is 4.79 Å². The summed E-state index contributed by atoms with van der Waals surface area (Å²) in [5.74, 6) is -1.06. The first-order chi connectivity index (χ1) is 5.98. The van der Waals surface area contributed by atoms with Crippen LogP contribution in [0.5, 0.6) is 0 Å². The summed E-state index contributed by atoms with van der Waals surface area (Å²) < 4.78 is -0.782. The largest absolute Gasteiger partial charge is 0.480 e. The number of nitrogens with two attached hydrogens (primary N) is 1. The van der Waals surface area contributed by atoms with Crippen molar-refractivity contribution in [3.63, 3.8) is 0 Å². The Morgan fingerprint density at radius 3 is 2.15 bits per heavy atom. The molecule has 0 aliphatic rings. The van der Waals surface area contributed by atoms with E-state index >= 15 is 0 Å². The smallest absolute Gasteiger partial charge is 0.321 e. The average Bonchev–Trinajstić information content (AvgIpc) is 2.03.